The van der Waals surface area contributed by atoms with Crippen molar-refractivity contribution in [2.75, 3.05) is 19.7 Å². The number of thiazole rings is 1. The van der Waals surface area contributed by atoms with Crippen molar-refractivity contribution in [1.82, 2.24) is 19.7 Å². The van der Waals surface area contributed by atoms with Crippen molar-refractivity contribution in [3.8, 4) is 0 Å². The first kappa shape index (κ1) is 16.7. The van der Waals surface area contributed by atoms with Crippen molar-refractivity contribution in [3.63, 3.8) is 0 Å². The molecular formula is C17H22N4O3S. The largest absolute Gasteiger partial charge is 0.372 e. The molecule has 1 spiro atoms. The summed E-state index contributed by atoms with van der Waals surface area (Å²) in [7, 11) is 1.81. The summed E-state index contributed by atoms with van der Waals surface area (Å²) >= 11 is 1.64. The molecule has 2 aliphatic heterocycles. The third-order valence-electron chi connectivity index (χ3n) is 4.78. The minimum absolute atomic E-state index is 0.0170. The lowest BCUT2D eigenvalue weighted by molar-refractivity contribution is -0.188. The molecule has 1 amide bonds. The zero-order chi connectivity index (χ0) is 17.4. The molecule has 2 aromatic rings. The molecule has 0 saturated carbocycles. The van der Waals surface area contributed by atoms with Crippen LogP contribution in [0, 0.1) is 6.92 Å². The first-order valence-electron chi connectivity index (χ1n) is 8.47. The number of rotatable bonds is 4. The number of nitrogens with zero attached hydrogens (tertiary/aromatic N) is 4. The molecule has 0 aliphatic carbocycles. The molecule has 7 nitrogen and oxygen atoms in total. The Kier molecular flexibility index (Phi) is 4.35. The molecule has 2 aromatic heterocycles. The third-order valence-corrected chi connectivity index (χ3v) is 5.60. The summed E-state index contributed by atoms with van der Waals surface area (Å²) in [6.07, 6.45) is 5.23. The fourth-order valence-corrected chi connectivity index (χ4v) is 4.13. The van der Waals surface area contributed by atoms with Crippen molar-refractivity contribution in [1.29, 1.82) is 0 Å². The van der Waals surface area contributed by atoms with Gasteiger partial charge in [0, 0.05) is 31.7 Å². The van der Waals surface area contributed by atoms with Crippen LogP contribution in [0.2, 0.25) is 0 Å². The Balaban J connectivity index is 1.30. The molecule has 4 heterocycles. The van der Waals surface area contributed by atoms with Gasteiger partial charge in [0.05, 0.1) is 48.3 Å². The molecule has 0 unspecified atom stereocenters. The van der Waals surface area contributed by atoms with E-state index in [-0.39, 0.29) is 17.6 Å². The minimum Gasteiger partial charge on any atom is -0.372 e. The van der Waals surface area contributed by atoms with Crippen LogP contribution in [0.15, 0.2) is 17.8 Å². The first-order chi connectivity index (χ1) is 12.0. The van der Waals surface area contributed by atoms with Gasteiger partial charge < -0.3 is 14.4 Å². The van der Waals surface area contributed by atoms with Crippen molar-refractivity contribution in [3.05, 3.63) is 34.0 Å². The number of likely N-dealkylation sites (tertiary alicyclic amines) is 1. The molecule has 8 heteroatoms. The SMILES string of the molecule is Cc1nc(CO[C@@H]2CCOC3(C2)CN(C(=O)c2cnn(C)c2)C3)cs1. The second kappa shape index (κ2) is 6.51. The van der Waals surface area contributed by atoms with Gasteiger partial charge in [0.15, 0.2) is 0 Å². The number of hydrogen-bond donors (Lipinski definition) is 0. The van der Waals surface area contributed by atoms with Crippen molar-refractivity contribution in [2.45, 2.75) is 38.1 Å². The first-order valence-corrected chi connectivity index (χ1v) is 9.35. The van der Waals surface area contributed by atoms with Crippen LogP contribution in [-0.4, -0.2) is 57.0 Å². The molecule has 134 valence electrons. The van der Waals surface area contributed by atoms with Gasteiger partial charge in [-0.25, -0.2) is 4.98 Å². The van der Waals surface area contributed by atoms with E-state index in [1.807, 2.05) is 24.3 Å². The molecule has 2 fully saturated rings. The van der Waals surface area contributed by atoms with Crippen LogP contribution in [0.3, 0.4) is 0 Å². The van der Waals surface area contributed by atoms with Crippen LogP contribution in [0.5, 0.6) is 0 Å². The van der Waals surface area contributed by atoms with Gasteiger partial charge in [-0.3, -0.25) is 9.48 Å². The summed E-state index contributed by atoms with van der Waals surface area (Å²) in [6.45, 7) is 4.46. The smallest absolute Gasteiger partial charge is 0.257 e. The predicted octanol–water partition coefficient (Wildman–Crippen LogP) is 1.78. The van der Waals surface area contributed by atoms with Gasteiger partial charge in [-0.2, -0.15) is 5.10 Å². The quantitative estimate of drug-likeness (QED) is 0.829. The fourth-order valence-electron chi connectivity index (χ4n) is 3.53. The third kappa shape index (κ3) is 3.47. The van der Waals surface area contributed by atoms with E-state index in [0.29, 0.717) is 31.9 Å². The van der Waals surface area contributed by atoms with E-state index in [9.17, 15) is 4.79 Å². The van der Waals surface area contributed by atoms with Crippen LogP contribution in [0.4, 0.5) is 0 Å². The van der Waals surface area contributed by atoms with Gasteiger partial charge in [-0.15, -0.1) is 11.3 Å². The molecule has 25 heavy (non-hydrogen) atoms. The fraction of sp³-hybridized carbons (Fsp3) is 0.588. The molecule has 0 aromatic carbocycles. The van der Waals surface area contributed by atoms with E-state index >= 15 is 0 Å². The highest BCUT2D eigenvalue weighted by molar-refractivity contribution is 7.09. The number of hydrogen-bond acceptors (Lipinski definition) is 6. The van der Waals surface area contributed by atoms with Crippen molar-refractivity contribution >= 4 is 17.2 Å². The van der Waals surface area contributed by atoms with E-state index in [1.54, 1.807) is 28.4 Å². The molecule has 0 bridgehead atoms. The van der Waals surface area contributed by atoms with Gasteiger partial charge in [0.2, 0.25) is 0 Å². The molecule has 0 N–H and O–H groups in total. The van der Waals surface area contributed by atoms with E-state index in [4.69, 9.17) is 9.47 Å². The summed E-state index contributed by atoms with van der Waals surface area (Å²) in [5, 5.41) is 7.17. The van der Waals surface area contributed by atoms with Gasteiger partial charge in [-0.1, -0.05) is 0 Å². The van der Waals surface area contributed by atoms with Gasteiger partial charge in [0.1, 0.15) is 5.60 Å². The van der Waals surface area contributed by atoms with Crippen molar-refractivity contribution in [2.24, 2.45) is 7.05 Å². The average Bonchev–Trinajstić information content (AvgIpc) is 3.18. The molecule has 0 radical (unpaired) electrons. The summed E-state index contributed by atoms with van der Waals surface area (Å²) in [4.78, 5) is 18.7. The Morgan fingerprint density at radius 1 is 1.52 bits per heavy atom. The number of ether oxygens (including phenoxy) is 2. The number of carbonyl (C=O) groups is 1. The van der Waals surface area contributed by atoms with Crippen LogP contribution in [0.25, 0.3) is 0 Å². The van der Waals surface area contributed by atoms with Crippen LogP contribution >= 0.6 is 11.3 Å². The second-order valence-corrected chi connectivity index (χ2v) is 7.94. The standard InChI is InChI=1S/C17H22N4O3S/c1-12-19-14(9-25-12)8-23-15-3-4-24-17(5-15)10-21(11-17)16(22)13-6-18-20(2)7-13/h6-7,9,15H,3-5,8,10-11H2,1-2H3/t15-/m1/s1. The van der Waals surface area contributed by atoms with E-state index < -0.39 is 0 Å². The maximum absolute atomic E-state index is 12.4. The molecule has 2 saturated heterocycles. The molecular weight excluding hydrogens is 340 g/mol. The van der Waals surface area contributed by atoms with Gasteiger partial charge >= 0.3 is 0 Å². The average molecular weight is 362 g/mol. The zero-order valence-corrected chi connectivity index (χ0v) is 15.3. The Labute approximate surface area is 150 Å². The van der Waals surface area contributed by atoms with Crippen molar-refractivity contribution < 1.29 is 14.3 Å². The zero-order valence-electron chi connectivity index (χ0n) is 14.5. The number of carbonyl (C=O) groups excluding carboxylic acids is 1. The molecule has 2 aliphatic rings. The topological polar surface area (TPSA) is 69.5 Å². The number of amides is 1. The highest BCUT2D eigenvalue weighted by Crippen LogP contribution is 2.36. The number of aromatic nitrogens is 3. The minimum atomic E-state index is -0.251. The lowest BCUT2D eigenvalue weighted by Gasteiger charge is -2.52. The Morgan fingerprint density at radius 3 is 3.04 bits per heavy atom. The highest BCUT2D eigenvalue weighted by atomic mass is 32.1. The molecule has 4 rings (SSSR count). The van der Waals surface area contributed by atoms with Gasteiger partial charge in [-0.05, 0) is 13.3 Å². The second-order valence-electron chi connectivity index (χ2n) is 6.88. The Morgan fingerprint density at radius 2 is 2.36 bits per heavy atom. The highest BCUT2D eigenvalue weighted by Gasteiger charge is 2.49. The van der Waals surface area contributed by atoms with E-state index in [1.165, 1.54) is 0 Å². The van der Waals surface area contributed by atoms with Crippen LogP contribution < -0.4 is 0 Å². The van der Waals surface area contributed by atoms with Crippen LogP contribution in [-0.2, 0) is 23.1 Å². The monoisotopic (exact) mass is 362 g/mol. The Hall–Kier alpha value is -1.77. The predicted molar refractivity (Wildman–Crippen MR) is 92.5 cm³/mol. The number of aryl methyl sites for hydroxylation is 2. The van der Waals surface area contributed by atoms with Crippen LogP contribution in [0.1, 0.15) is 33.9 Å². The van der Waals surface area contributed by atoms with E-state index in [0.717, 1.165) is 23.5 Å². The Bertz CT molecular complexity index is 766. The summed E-state index contributed by atoms with van der Waals surface area (Å²) < 4.78 is 13.7. The summed E-state index contributed by atoms with van der Waals surface area (Å²) in [5.74, 6) is 0.0170. The van der Waals surface area contributed by atoms with Gasteiger partial charge in [0.25, 0.3) is 5.91 Å². The normalized spacial score (nSPS) is 22.2. The van der Waals surface area contributed by atoms with E-state index in [2.05, 4.69) is 10.1 Å². The molecule has 1 atom stereocenters. The maximum Gasteiger partial charge on any atom is 0.257 e. The summed E-state index contributed by atoms with van der Waals surface area (Å²) in [5.41, 5.74) is 1.36. The lowest BCUT2D eigenvalue weighted by Crippen LogP contribution is -2.67. The lowest BCUT2D eigenvalue weighted by atomic mass is 9.84. The summed E-state index contributed by atoms with van der Waals surface area (Å²) in [6, 6.07) is 0. The maximum atomic E-state index is 12.4.